The molecule has 12 heavy (non-hydrogen) atoms. The van der Waals surface area contributed by atoms with Crippen LogP contribution in [0.3, 0.4) is 0 Å². The third-order valence-electron chi connectivity index (χ3n) is 1.44. The van der Waals surface area contributed by atoms with Crippen molar-refractivity contribution in [2.24, 2.45) is 0 Å². The second kappa shape index (κ2) is 2.61. The van der Waals surface area contributed by atoms with E-state index in [1.165, 1.54) is 17.2 Å². The maximum Gasteiger partial charge on any atom is 0.296 e. The van der Waals surface area contributed by atoms with Crippen LogP contribution in [0.2, 0.25) is 0 Å². The lowest BCUT2D eigenvalue weighted by atomic mass is 10.4. The van der Waals surface area contributed by atoms with Crippen LogP contribution in [0.5, 0.6) is 0 Å². The van der Waals surface area contributed by atoms with Gasteiger partial charge in [-0.15, -0.1) is 0 Å². The molecular weight excluding hydrogens is 156 g/mol. The summed E-state index contributed by atoms with van der Waals surface area (Å²) >= 11 is 0. The molecule has 60 valence electrons. The fourth-order valence-electron chi connectivity index (χ4n) is 0.885. The number of nitrogens with one attached hydrogen (secondary N) is 1. The van der Waals surface area contributed by atoms with Gasteiger partial charge in [-0.1, -0.05) is 0 Å². The number of hydrogen-bond acceptors (Lipinski definition) is 3. The molecule has 0 aliphatic carbocycles. The lowest BCUT2D eigenvalue weighted by molar-refractivity contribution is 0.0940. The molecule has 2 aromatic heterocycles. The highest BCUT2D eigenvalue weighted by Crippen LogP contribution is 1.95. The average molecular weight is 162 g/mol. The Bertz CT molecular complexity index is 326. The minimum absolute atomic E-state index is 0.211. The van der Waals surface area contributed by atoms with Gasteiger partial charge in [-0.25, -0.2) is 9.67 Å². The topological polar surface area (TPSA) is 63.6 Å². The molecular formula is C7H6N4O. The molecule has 0 atom stereocenters. The van der Waals surface area contributed by atoms with Crippen LogP contribution in [0.4, 0.5) is 0 Å². The van der Waals surface area contributed by atoms with E-state index in [-0.39, 0.29) is 5.91 Å². The molecule has 0 aliphatic heterocycles. The molecule has 0 spiro atoms. The molecule has 2 rings (SSSR count). The Morgan fingerprint density at radius 1 is 1.58 bits per heavy atom. The number of aromatic amines is 1. The zero-order chi connectivity index (χ0) is 8.39. The number of carbonyl (C=O) groups is 1. The van der Waals surface area contributed by atoms with E-state index in [0.717, 1.165) is 0 Å². The largest absolute Gasteiger partial charge is 0.341 e. The minimum atomic E-state index is -0.211. The van der Waals surface area contributed by atoms with Gasteiger partial charge in [0.05, 0.1) is 12.5 Å². The van der Waals surface area contributed by atoms with Gasteiger partial charge in [0, 0.05) is 12.4 Å². The molecule has 0 saturated heterocycles. The lowest BCUT2D eigenvalue weighted by Gasteiger charge is -1.94. The van der Waals surface area contributed by atoms with Gasteiger partial charge in [0.2, 0.25) is 0 Å². The first-order valence-electron chi connectivity index (χ1n) is 3.40. The number of imidazole rings is 1. The van der Waals surface area contributed by atoms with Crippen molar-refractivity contribution in [3.8, 4) is 0 Å². The molecule has 0 aliphatic rings. The van der Waals surface area contributed by atoms with Gasteiger partial charge in [-0.05, 0) is 6.07 Å². The second-order valence-electron chi connectivity index (χ2n) is 2.22. The predicted octanol–water partition coefficient (Wildman–Crippen LogP) is 0.295. The predicted molar refractivity (Wildman–Crippen MR) is 40.5 cm³/mol. The van der Waals surface area contributed by atoms with Crippen molar-refractivity contribution in [1.82, 2.24) is 19.7 Å². The number of H-pyrrole nitrogens is 1. The standard InChI is InChI=1S/C7H6N4O/c12-7(6-4-8-5-9-6)11-3-1-2-10-11/h1-5H,(H,8,9). The van der Waals surface area contributed by atoms with E-state index >= 15 is 0 Å². The van der Waals surface area contributed by atoms with Gasteiger partial charge >= 0.3 is 0 Å². The number of rotatable bonds is 1. The van der Waals surface area contributed by atoms with Crippen molar-refractivity contribution in [2.45, 2.75) is 0 Å². The fraction of sp³-hybridized carbons (Fsp3) is 0. The highest BCUT2D eigenvalue weighted by molar-refractivity contribution is 5.93. The molecule has 5 heteroatoms. The van der Waals surface area contributed by atoms with Crippen molar-refractivity contribution in [3.63, 3.8) is 0 Å². The Hall–Kier alpha value is -1.91. The number of carbonyl (C=O) groups excluding carboxylic acids is 1. The van der Waals surface area contributed by atoms with Crippen LogP contribution >= 0.6 is 0 Å². The minimum Gasteiger partial charge on any atom is -0.341 e. The van der Waals surface area contributed by atoms with Gasteiger partial charge in [-0.3, -0.25) is 4.79 Å². The number of hydrogen-bond donors (Lipinski definition) is 1. The summed E-state index contributed by atoms with van der Waals surface area (Å²) in [4.78, 5) is 17.8. The van der Waals surface area contributed by atoms with Crippen LogP contribution in [0.25, 0.3) is 0 Å². The van der Waals surface area contributed by atoms with Gasteiger partial charge < -0.3 is 4.98 Å². The summed E-state index contributed by atoms with van der Waals surface area (Å²) in [6, 6.07) is 1.69. The highest BCUT2D eigenvalue weighted by atomic mass is 16.2. The van der Waals surface area contributed by atoms with Crippen molar-refractivity contribution < 1.29 is 4.79 Å². The number of nitrogens with zero attached hydrogens (tertiary/aromatic N) is 3. The summed E-state index contributed by atoms with van der Waals surface area (Å²) in [5, 5.41) is 3.79. The molecule has 0 unspecified atom stereocenters. The molecule has 5 nitrogen and oxygen atoms in total. The summed E-state index contributed by atoms with van der Waals surface area (Å²) in [6.45, 7) is 0. The van der Waals surface area contributed by atoms with E-state index in [1.807, 2.05) is 0 Å². The maximum atomic E-state index is 11.4. The Labute approximate surface area is 68.1 Å². The normalized spacial score (nSPS) is 10.0. The fourth-order valence-corrected chi connectivity index (χ4v) is 0.885. The SMILES string of the molecule is O=C(c1cnc[nH]1)n1cccn1. The summed E-state index contributed by atoms with van der Waals surface area (Å²) in [5.41, 5.74) is 0.429. The van der Waals surface area contributed by atoms with Gasteiger partial charge in [0.1, 0.15) is 5.69 Å². The van der Waals surface area contributed by atoms with Crippen molar-refractivity contribution in [1.29, 1.82) is 0 Å². The molecule has 0 radical (unpaired) electrons. The van der Waals surface area contributed by atoms with Crippen LogP contribution in [0, 0.1) is 0 Å². The molecule has 0 fully saturated rings. The van der Waals surface area contributed by atoms with Crippen LogP contribution in [-0.2, 0) is 0 Å². The zero-order valence-electron chi connectivity index (χ0n) is 6.14. The smallest absolute Gasteiger partial charge is 0.296 e. The Morgan fingerprint density at radius 3 is 3.08 bits per heavy atom. The van der Waals surface area contributed by atoms with Gasteiger partial charge in [0.15, 0.2) is 0 Å². The third-order valence-corrected chi connectivity index (χ3v) is 1.44. The van der Waals surface area contributed by atoms with Crippen LogP contribution in [-0.4, -0.2) is 25.7 Å². The quantitative estimate of drug-likeness (QED) is 0.655. The molecule has 0 aromatic carbocycles. The first kappa shape index (κ1) is 6.78. The molecule has 0 amide bonds. The van der Waals surface area contributed by atoms with Crippen molar-refractivity contribution in [3.05, 3.63) is 36.7 Å². The highest BCUT2D eigenvalue weighted by Gasteiger charge is 2.08. The summed E-state index contributed by atoms with van der Waals surface area (Å²) in [5.74, 6) is -0.211. The third kappa shape index (κ3) is 1.01. The zero-order valence-corrected chi connectivity index (χ0v) is 6.14. The Morgan fingerprint density at radius 2 is 2.50 bits per heavy atom. The van der Waals surface area contributed by atoms with E-state index in [4.69, 9.17) is 0 Å². The van der Waals surface area contributed by atoms with Crippen molar-refractivity contribution >= 4 is 5.91 Å². The average Bonchev–Trinajstić information content (AvgIpc) is 2.77. The molecule has 2 aromatic rings. The first-order valence-corrected chi connectivity index (χ1v) is 3.40. The molecule has 0 saturated carbocycles. The van der Waals surface area contributed by atoms with E-state index in [2.05, 4.69) is 15.1 Å². The van der Waals surface area contributed by atoms with Crippen LogP contribution < -0.4 is 0 Å². The van der Waals surface area contributed by atoms with Gasteiger partial charge in [0.25, 0.3) is 5.91 Å². The summed E-state index contributed by atoms with van der Waals surface area (Å²) in [6.07, 6.45) is 6.05. The second-order valence-corrected chi connectivity index (χ2v) is 2.22. The molecule has 0 bridgehead atoms. The Balaban J connectivity index is 2.34. The van der Waals surface area contributed by atoms with Crippen molar-refractivity contribution in [2.75, 3.05) is 0 Å². The van der Waals surface area contributed by atoms with E-state index < -0.39 is 0 Å². The van der Waals surface area contributed by atoms with E-state index in [9.17, 15) is 4.79 Å². The van der Waals surface area contributed by atoms with Gasteiger partial charge in [-0.2, -0.15) is 5.10 Å². The monoisotopic (exact) mass is 162 g/mol. The van der Waals surface area contributed by atoms with E-state index in [1.54, 1.807) is 18.5 Å². The lowest BCUT2D eigenvalue weighted by Crippen LogP contribution is -2.12. The van der Waals surface area contributed by atoms with E-state index in [0.29, 0.717) is 5.69 Å². The Kier molecular flexibility index (Phi) is 1.48. The molecule has 1 N–H and O–H groups in total. The van der Waals surface area contributed by atoms with Crippen LogP contribution in [0.15, 0.2) is 31.0 Å². The maximum absolute atomic E-state index is 11.4. The first-order chi connectivity index (χ1) is 5.88. The summed E-state index contributed by atoms with van der Waals surface area (Å²) < 4.78 is 1.24. The molecule has 2 heterocycles. The van der Waals surface area contributed by atoms with Crippen LogP contribution in [0.1, 0.15) is 10.5 Å². The number of aromatic nitrogens is 4. The summed E-state index contributed by atoms with van der Waals surface area (Å²) in [7, 11) is 0.